The first-order valence-corrected chi connectivity index (χ1v) is 7.51. The number of halogens is 2. The van der Waals surface area contributed by atoms with Gasteiger partial charge in [-0.2, -0.15) is 0 Å². The van der Waals surface area contributed by atoms with Crippen LogP contribution in [0.4, 0.5) is 11.4 Å². The Bertz CT molecular complexity index is 434. The van der Waals surface area contributed by atoms with Crippen LogP contribution in [0.5, 0.6) is 0 Å². The fraction of sp³-hybridized carbons (Fsp3) is 0.571. The second kappa shape index (κ2) is 6.69. The van der Waals surface area contributed by atoms with Crippen molar-refractivity contribution in [3.8, 4) is 0 Å². The van der Waals surface area contributed by atoms with Crippen molar-refractivity contribution in [3.05, 3.63) is 22.2 Å². The largest absolute Gasteiger partial charge is 0.397 e. The normalized spacial score (nSPS) is 16.6. The van der Waals surface area contributed by atoms with Crippen LogP contribution in [0.2, 0.25) is 10.0 Å². The van der Waals surface area contributed by atoms with Crippen LogP contribution in [-0.2, 0) is 0 Å². The Morgan fingerprint density at radius 3 is 2.42 bits per heavy atom. The second-order valence-corrected chi connectivity index (χ2v) is 5.85. The fourth-order valence-corrected chi connectivity index (χ4v) is 3.13. The van der Waals surface area contributed by atoms with Gasteiger partial charge in [-0.15, -0.1) is 0 Å². The predicted octanol–water partition coefficient (Wildman–Crippen LogP) is 3.71. The minimum atomic E-state index is 0.107. The number of aliphatic hydroxyl groups excluding tert-OH is 1. The minimum Gasteiger partial charge on any atom is -0.397 e. The Kier molecular flexibility index (Phi) is 5.20. The van der Waals surface area contributed by atoms with E-state index in [0.29, 0.717) is 28.3 Å². The molecule has 5 heteroatoms. The molecule has 0 unspecified atom stereocenters. The predicted molar refractivity (Wildman–Crippen MR) is 82.2 cm³/mol. The van der Waals surface area contributed by atoms with Gasteiger partial charge >= 0.3 is 0 Å². The zero-order chi connectivity index (χ0) is 13.8. The first-order chi connectivity index (χ1) is 9.13. The van der Waals surface area contributed by atoms with Crippen molar-refractivity contribution in [3.63, 3.8) is 0 Å². The summed E-state index contributed by atoms with van der Waals surface area (Å²) in [7, 11) is 0. The molecule has 0 aliphatic heterocycles. The monoisotopic (exact) mass is 302 g/mol. The van der Waals surface area contributed by atoms with Gasteiger partial charge in [-0.05, 0) is 25.0 Å². The molecule has 1 saturated carbocycles. The van der Waals surface area contributed by atoms with E-state index < -0.39 is 0 Å². The van der Waals surface area contributed by atoms with Gasteiger partial charge in [0.05, 0.1) is 28.0 Å². The van der Waals surface area contributed by atoms with E-state index >= 15 is 0 Å². The third-order valence-corrected chi connectivity index (χ3v) is 4.46. The highest BCUT2D eigenvalue weighted by molar-refractivity contribution is 6.42. The fourth-order valence-electron chi connectivity index (χ4n) is 2.80. The highest BCUT2D eigenvalue weighted by Crippen LogP contribution is 2.36. The summed E-state index contributed by atoms with van der Waals surface area (Å²) in [5, 5.41) is 10.3. The number of aliphatic hydroxyl groups is 1. The number of rotatable bonds is 4. The lowest BCUT2D eigenvalue weighted by Crippen LogP contribution is -2.39. The molecule has 2 rings (SSSR count). The van der Waals surface area contributed by atoms with Gasteiger partial charge in [0.2, 0.25) is 0 Å². The summed E-state index contributed by atoms with van der Waals surface area (Å²) in [6.45, 7) is 0.684. The summed E-state index contributed by atoms with van der Waals surface area (Å²) >= 11 is 12.1. The van der Waals surface area contributed by atoms with Gasteiger partial charge in [0.1, 0.15) is 0 Å². The molecule has 0 radical (unpaired) electrons. The molecule has 106 valence electrons. The van der Waals surface area contributed by atoms with Gasteiger partial charge < -0.3 is 15.7 Å². The van der Waals surface area contributed by atoms with Crippen molar-refractivity contribution in [2.75, 3.05) is 23.8 Å². The molecule has 0 atom stereocenters. The van der Waals surface area contributed by atoms with Crippen LogP contribution in [0.3, 0.4) is 0 Å². The quantitative estimate of drug-likeness (QED) is 0.834. The molecular formula is C14H20Cl2N2O. The van der Waals surface area contributed by atoms with E-state index in [4.69, 9.17) is 28.9 Å². The van der Waals surface area contributed by atoms with Gasteiger partial charge in [0.25, 0.3) is 0 Å². The highest BCUT2D eigenvalue weighted by atomic mass is 35.5. The van der Waals surface area contributed by atoms with Crippen LogP contribution in [0.15, 0.2) is 12.1 Å². The third kappa shape index (κ3) is 3.47. The van der Waals surface area contributed by atoms with E-state index in [1.54, 1.807) is 6.07 Å². The van der Waals surface area contributed by atoms with Crippen LogP contribution in [0.25, 0.3) is 0 Å². The molecule has 3 N–H and O–H groups in total. The van der Waals surface area contributed by atoms with Crippen LogP contribution >= 0.6 is 23.2 Å². The lowest BCUT2D eigenvalue weighted by Gasteiger charge is -2.36. The van der Waals surface area contributed by atoms with Crippen molar-refractivity contribution in [1.29, 1.82) is 0 Å². The molecule has 1 aromatic rings. The maximum Gasteiger partial charge on any atom is 0.0619 e. The Hall–Kier alpha value is -0.640. The van der Waals surface area contributed by atoms with Crippen molar-refractivity contribution in [2.24, 2.45) is 0 Å². The minimum absolute atomic E-state index is 0.107. The summed E-state index contributed by atoms with van der Waals surface area (Å²) in [5.41, 5.74) is 7.57. The average molecular weight is 303 g/mol. The van der Waals surface area contributed by atoms with E-state index in [-0.39, 0.29) is 6.61 Å². The number of nitrogens with zero attached hydrogens (tertiary/aromatic N) is 1. The topological polar surface area (TPSA) is 49.5 Å². The molecule has 1 aliphatic rings. The number of hydrogen-bond acceptors (Lipinski definition) is 3. The van der Waals surface area contributed by atoms with Crippen molar-refractivity contribution in [2.45, 2.75) is 38.1 Å². The van der Waals surface area contributed by atoms with E-state index in [1.807, 2.05) is 6.07 Å². The Balaban J connectivity index is 2.29. The van der Waals surface area contributed by atoms with Crippen LogP contribution in [-0.4, -0.2) is 24.3 Å². The van der Waals surface area contributed by atoms with E-state index in [9.17, 15) is 5.11 Å². The van der Waals surface area contributed by atoms with Crippen LogP contribution in [0, 0.1) is 0 Å². The van der Waals surface area contributed by atoms with Crippen LogP contribution < -0.4 is 10.6 Å². The van der Waals surface area contributed by atoms with Gasteiger partial charge in [0, 0.05) is 12.6 Å². The van der Waals surface area contributed by atoms with Crippen LogP contribution in [0.1, 0.15) is 32.1 Å². The summed E-state index contributed by atoms with van der Waals surface area (Å²) in [4.78, 5) is 2.18. The first-order valence-electron chi connectivity index (χ1n) is 6.75. The van der Waals surface area contributed by atoms with Gasteiger partial charge in [-0.3, -0.25) is 0 Å². The summed E-state index contributed by atoms with van der Waals surface area (Å²) in [6, 6.07) is 3.93. The van der Waals surface area contributed by atoms with Crippen molar-refractivity contribution < 1.29 is 5.11 Å². The summed E-state index contributed by atoms with van der Waals surface area (Å²) in [6.07, 6.45) is 6.03. The Labute approximate surface area is 124 Å². The molecule has 19 heavy (non-hydrogen) atoms. The maximum absolute atomic E-state index is 9.30. The molecule has 1 aromatic carbocycles. The molecule has 0 saturated heterocycles. The average Bonchev–Trinajstić information content (AvgIpc) is 2.42. The molecule has 0 aromatic heterocycles. The van der Waals surface area contributed by atoms with Gasteiger partial charge in [-0.1, -0.05) is 42.5 Å². The molecule has 0 heterocycles. The second-order valence-electron chi connectivity index (χ2n) is 5.03. The number of nitrogens with two attached hydrogens (primary N) is 1. The third-order valence-electron chi connectivity index (χ3n) is 3.74. The van der Waals surface area contributed by atoms with Crippen molar-refractivity contribution >= 4 is 34.6 Å². The molecule has 0 amide bonds. The lowest BCUT2D eigenvalue weighted by atomic mass is 9.93. The lowest BCUT2D eigenvalue weighted by molar-refractivity contribution is 0.290. The SMILES string of the molecule is Nc1cc(Cl)c(Cl)cc1N(CCO)C1CCCCC1. The molecule has 1 aliphatic carbocycles. The van der Waals surface area contributed by atoms with E-state index in [1.165, 1.54) is 19.3 Å². The molecular weight excluding hydrogens is 283 g/mol. The Morgan fingerprint density at radius 1 is 1.16 bits per heavy atom. The standard InChI is InChI=1S/C14H20Cl2N2O/c15-11-8-13(17)14(9-12(11)16)18(6-7-19)10-4-2-1-3-5-10/h8-10,19H,1-7,17H2. The summed E-state index contributed by atoms with van der Waals surface area (Å²) < 4.78 is 0. The number of nitrogen functional groups attached to an aromatic ring is 1. The smallest absolute Gasteiger partial charge is 0.0619 e. The number of hydrogen-bond donors (Lipinski definition) is 2. The first kappa shape index (κ1) is 14.8. The Morgan fingerprint density at radius 2 is 1.79 bits per heavy atom. The highest BCUT2D eigenvalue weighted by Gasteiger charge is 2.23. The van der Waals surface area contributed by atoms with E-state index in [0.717, 1.165) is 18.5 Å². The number of benzene rings is 1. The van der Waals surface area contributed by atoms with Gasteiger partial charge in [-0.25, -0.2) is 0 Å². The van der Waals surface area contributed by atoms with Crippen molar-refractivity contribution in [1.82, 2.24) is 0 Å². The molecule has 3 nitrogen and oxygen atoms in total. The number of anilines is 2. The van der Waals surface area contributed by atoms with Gasteiger partial charge in [0.15, 0.2) is 0 Å². The van der Waals surface area contributed by atoms with E-state index in [2.05, 4.69) is 4.90 Å². The maximum atomic E-state index is 9.30. The molecule has 0 bridgehead atoms. The molecule has 1 fully saturated rings. The zero-order valence-corrected chi connectivity index (χ0v) is 12.4. The zero-order valence-electron chi connectivity index (χ0n) is 10.9. The summed E-state index contributed by atoms with van der Waals surface area (Å²) in [5.74, 6) is 0. The molecule has 0 spiro atoms.